The van der Waals surface area contributed by atoms with Crippen LogP contribution in [0.5, 0.6) is 0 Å². The van der Waals surface area contributed by atoms with Gasteiger partial charge in [-0.25, -0.2) is 9.59 Å². The van der Waals surface area contributed by atoms with E-state index in [4.69, 9.17) is 25.5 Å². The van der Waals surface area contributed by atoms with E-state index in [2.05, 4.69) is 0 Å². The largest absolute Gasteiger partial charge is 0.490 e. The summed E-state index contributed by atoms with van der Waals surface area (Å²) in [7, 11) is 0. The van der Waals surface area contributed by atoms with Crippen molar-refractivity contribution in [1.82, 2.24) is 9.80 Å². The van der Waals surface area contributed by atoms with Gasteiger partial charge in [-0.1, -0.05) is 13.3 Å². The van der Waals surface area contributed by atoms with Crippen LogP contribution in [0.3, 0.4) is 0 Å². The van der Waals surface area contributed by atoms with Crippen LogP contribution in [-0.4, -0.2) is 89.6 Å². The minimum atomic E-state index is -5.08. The average molecular weight is 387 g/mol. The number of carboxylic acid groups (broad SMARTS) is 1. The van der Waals surface area contributed by atoms with E-state index in [0.29, 0.717) is 32.8 Å². The van der Waals surface area contributed by atoms with E-state index < -0.39 is 18.2 Å². The van der Waals surface area contributed by atoms with Crippen LogP contribution in [0.25, 0.3) is 0 Å². The van der Waals surface area contributed by atoms with Crippen molar-refractivity contribution in [2.45, 2.75) is 32.0 Å². The van der Waals surface area contributed by atoms with Gasteiger partial charge in [-0.05, 0) is 6.42 Å². The fraction of sp³-hybridized carbons (Fsp3) is 0.786. The first kappa shape index (κ1) is 23.9. The first-order chi connectivity index (χ1) is 12.0. The molecule has 0 spiro atoms. The van der Waals surface area contributed by atoms with Gasteiger partial charge in [0.1, 0.15) is 6.04 Å². The number of aliphatic carboxylic acids is 1. The van der Waals surface area contributed by atoms with Crippen LogP contribution in [0, 0.1) is 0 Å². The normalized spacial score (nSPS) is 15.6. The highest BCUT2D eigenvalue weighted by Gasteiger charge is 2.38. The maximum absolute atomic E-state index is 11.7. The van der Waals surface area contributed by atoms with Crippen molar-refractivity contribution in [1.29, 1.82) is 0 Å². The second-order valence-corrected chi connectivity index (χ2v) is 5.37. The van der Waals surface area contributed by atoms with Crippen molar-refractivity contribution < 1.29 is 42.5 Å². The standard InChI is InChI=1S/C12H23N3O4.C2HF3O2/c1-2-3-8-19-12(18)15-6-4-14(5-7-15)11(17)10(13)9-16;3-2(4,5)1(6)7/h10,16H,2-9,13H2,1H3;(H,6,7)/t10-;/m0./s1. The van der Waals surface area contributed by atoms with Crippen molar-refractivity contribution in [3.63, 3.8) is 0 Å². The zero-order chi connectivity index (χ0) is 20.3. The van der Waals surface area contributed by atoms with E-state index in [9.17, 15) is 22.8 Å². The minimum Gasteiger partial charge on any atom is -0.475 e. The second kappa shape index (κ2) is 11.5. The number of nitrogens with zero attached hydrogens (tertiary/aromatic N) is 2. The summed E-state index contributed by atoms with van der Waals surface area (Å²) in [4.78, 5) is 35.4. The Morgan fingerprint density at radius 3 is 2.00 bits per heavy atom. The number of amides is 2. The van der Waals surface area contributed by atoms with Gasteiger partial charge >= 0.3 is 18.2 Å². The van der Waals surface area contributed by atoms with Crippen LogP contribution in [-0.2, 0) is 14.3 Å². The van der Waals surface area contributed by atoms with Gasteiger partial charge in [-0.2, -0.15) is 13.2 Å². The minimum absolute atomic E-state index is 0.276. The van der Waals surface area contributed by atoms with Gasteiger partial charge in [0.05, 0.1) is 13.2 Å². The number of aliphatic hydroxyl groups excluding tert-OH is 1. The first-order valence-electron chi connectivity index (χ1n) is 7.91. The van der Waals surface area contributed by atoms with E-state index >= 15 is 0 Å². The molecular weight excluding hydrogens is 363 g/mol. The van der Waals surface area contributed by atoms with Crippen molar-refractivity contribution in [3.8, 4) is 0 Å². The highest BCUT2D eigenvalue weighted by molar-refractivity contribution is 5.82. The number of unbranched alkanes of at least 4 members (excludes halogenated alkanes) is 1. The van der Waals surface area contributed by atoms with E-state index in [-0.39, 0.29) is 18.6 Å². The molecule has 4 N–H and O–H groups in total. The second-order valence-electron chi connectivity index (χ2n) is 5.37. The summed E-state index contributed by atoms with van der Waals surface area (Å²) in [6, 6.07) is -0.872. The van der Waals surface area contributed by atoms with Crippen molar-refractivity contribution in [3.05, 3.63) is 0 Å². The molecule has 0 aliphatic carbocycles. The monoisotopic (exact) mass is 387 g/mol. The van der Waals surface area contributed by atoms with Crippen LogP contribution in [0.1, 0.15) is 19.8 Å². The molecule has 0 aromatic carbocycles. The zero-order valence-corrected chi connectivity index (χ0v) is 14.4. The molecule has 152 valence electrons. The Balaban J connectivity index is 0.000000758. The quantitative estimate of drug-likeness (QED) is 0.566. The molecule has 0 saturated carbocycles. The number of halogens is 3. The highest BCUT2D eigenvalue weighted by atomic mass is 19.4. The molecule has 0 aromatic rings. The fourth-order valence-corrected chi connectivity index (χ4v) is 1.82. The number of hydrogen-bond acceptors (Lipinski definition) is 6. The van der Waals surface area contributed by atoms with Crippen LogP contribution < -0.4 is 5.73 Å². The molecule has 1 fully saturated rings. The summed E-state index contributed by atoms with van der Waals surface area (Å²) in [6.45, 7) is 3.83. The summed E-state index contributed by atoms with van der Waals surface area (Å²) in [5.74, 6) is -3.03. The van der Waals surface area contributed by atoms with Gasteiger partial charge in [0.2, 0.25) is 5.91 Å². The molecule has 1 rings (SSSR count). The topological polar surface area (TPSA) is 133 Å². The van der Waals surface area contributed by atoms with Crippen molar-refractivity contribution >= 4 is 18.0 Å². The average Bonchev–Trinajstić information content (AvgIpc) is 2.60. The molecule has 0 aromatic heterocycles. The molecule has 1 saturated heterocycles. The summed E-state index contributed by atoms with van der Waals surface area (Å²) in [5, 5.41) is 16.0. The summed E-state index contributed by atoms with van der Waals surface area (Å²) < 4.78 is 36.8. The Bertz CT molecular complexity index is 467. The predicted octanol–water partition coefficient (Wildman–Crippen LogP) is 0.0202. The molecule has 0 radical (unpaired) electrons. The third kappa shape index (κ3) is 8.85. The van der Waals surface area contributed by atoms with Gasteiger partial charge in [0, 0.05) is 26.2 Å². The molecule has 1 heterocycles. The molecule has 0 unspecified atom stereocenters. The number of carbonyl (C=O) groups is 3. The number of hydrogen-bond donors (Lipinski definition) is 3. The SMILES string of the molecule is CCCCOC(=O)N1CCN(C(=O)[C@@H](N)CO)CC1.O=C(O)C(F)(F)F. The molecule has 9 nitrogen and oxygen atoms in total. The maximum atomic E-state index is 11.7. The Morgan fingerprint density at radius 2 is 1.62 bits per heavy atom. The lowest BCUT2D eigenvalue weighted by molar-refractivity contribution is -0.192. The molecule has 2 amide bonds. The van der Waals surface area contributed by atoms with Gasteiger partial charge in [-0.3, -0.25) is 4.79 Å². The van der Waals surface area contributed by atoms with Crippen molar-refractivity contribution in [2.24, 2.45) is 5.73 Å². The van der Waals surface area contributed by atoms with Gasteiger partial charge in [-0.15, -0.1) is 0 Å². The van der Waals surface area contributed by atoms with Gasteiger partial charge < -0.3 is 30.5 Å². The fourth-order valence-electron chi connectivity index (χ4n) is 1.82. The molecule has 1 aliphatic rings. The Kier molecular flexibility index (Phi) is 10.6. The number of piperazine rings is 1. The number of rotatable bonds is 5. The van der Waals surface area contributed by atoms with Gasteiger partial charge in [0.15, 0.2) is 0 Å². The van der Waals surface area contributed by atoms with Crippen LogP contribution >= 0.6 is 0 Å². The molecule has 0 bridgehead atoms. The van der Waals surface area contributed by atoms with E-state index in [1.54, 1.807) is 9.80 Å². The van der Waals surface area contributed by atoms with E-state index in [1.165, 1.54) is 0 Å². The smallest absolute Gasteiger partial charge is 0.475 e. The van der Waals surface area contributed by atoms with Crippen LogP contribution in [0.15, 0.2) is 0 Å². The Morgan fingerprint density at radius 1 is 1.15 bits per heavy atom. The van der Waals surface area contributed by atoms with E-state index in [1.807, 2.05) is 6.92 Å². The molecular formula is C14H24F3N3O6. The first-order valence-corrected chi connectivity index (χ1v) is 7.91. The van der Waals surface area contributed by atoms with Crippen LogP contribution in [0.2, 0.25) is 0 Å². The lowest BCUT2D eigenvalue weighted by Crippen LogP contribution is -2.55. The highest BCUT2D eigenvalue weighted by Crippen LogP contribution is 2.13. The number of carbonyl (C=O) groups excluding carboxylic acids is 2. The zero-order valence-electron chi connectivity index (χ0n) is 14.4. The summed E-state index contributed by atoms with van der Waals surface area (Å²) >= 11 is 0. The maximum Gasteiger partial charge on any atom is 0.490 e. The summed E-state index contributed by atoms with van der Waals surface area (Å²) in [5.41, 5.74) is 5.48. The van der Waals surface area contributed by atoms with Crippen LogP contribution in [0.4, 0.5) is 18.0 Å². The third-order valence-electron chi connectivity index (χ3n) is 3.33. The summed E-state index contributed by atoms with van der Waals surface area (Å²) in [6.07, 6.45) is -3.57. The number of aliphatic hydroxyl groups is 1. The third-order valence-corrected chi connectivity index (χ3v) is 3.33. The molecule has 12 heteroatoms. The number of nitrogens with two attached hydrogens (primary N) is 1. The lowest BCUT2D eigenvalue weighted by atomic mass is 10.2. The lowest BCUT2D eigenvalue weighted by Gasteiger charge is -2.35. The number of carboxylic acids is 1. The molecule has 1 aliphatic heterocycles. The Labute approximate surface area is 148 Å². The predicted molar refractivity (Wildman–Crippen MR) is 83.2 cm³/mol. The number of alkyl halides is 3. The van der Waals surface area contributed by atoms with E-state index in [0.717, 1.165) is 12.8 Å². The molecule has 1 atom stereocenters. The Hall–Kier alpha value is -2.08. The number of ether oxygens (including phenoxy) is 1. The van der Waals surface area contributed by atoms with Gasteiger partial charge in [0.25, 0.3) is 0 Å². The molecule has 26 heavy (non-hydrogen) atoms. The van der Waals surface area contributed by atoms with Crippen molar-refractivity contribution in [2.75, 3.05) is 39.4 Å².